The van der Waals surface area contributed by atoms with Gasteiger partial charge in [-0.2, -0.15) is 11.8 Å². The van der Waals surface area contributed by atoms with Gasteiger partial charge in [-0.1, -0.05) is 37.6 Å². The maximum atomic E-state index is 13.7. The predicted molar refractivity (Wildman–Crippen MR) is 135 cm³/mol. The lowest BCUT2D eigenvalue weighted by Gasteiger charge is -2.36. The first-order valence-corrected chi connectivity index (χ1v) is 12.8. The van der Waals surface area contributed by atoms with Gasteiger partial charge in [0.2, 0.25) is 0 Å². The molecule has 7 heteroatoms. The van der Waals surface area contributed by atoms with Gasteiger partial charge >= 0.3 is 0 Å². The summed E-state index contributed by atoms with van der Waals surface area (Å²) in [6.07, 6.45) is 5.35. The van der Waals surface area contributed by atoms with Gasteiger partial charge in [0.05, 0.1) is 11.5 Å². The molecule has 1 unspecified atom stereocenters. The zero-order valence-corrected chi connectivity index (χ0v) is 20.6. The second kappa shape index (κ2) is 12.0. The van der Waals surface area contributed by atoms with Crippen molar-refractivity contribution in [1.82, 2.24) is 14.9 Å². The van der Waals surface area contributed by atoms with E-state index < -0.39 is 0 Å². The average molecular weight is 478 g/mol. The third-order valence-corrected chi connectivity index (χ3v) is 6.75. The lowest BCUT2D eigenvalue weighted by Crippen LogP contribution is -2.43. The monoisotopic (exact) mass is 477 g/mol. The largest absolute Gasteiger partial charge is 0.392 e. The Bertz CT molecular complexity index is 978. The van der Waals surface area contributed by atoms with Gasteiger partial charge in [0.25, 0.3) is 0 Å². The van der Waals surface area contributed by atoms with Gasteiger partial charge in [0.15, 0.2) is 5.82 Å². The number of H-pyrrole nitrogens is 1. The van der Waals surface area contributed by atoms with Crippen molar-refractivity contribution in [1.29, 1.82) is 0 Å². The van der Waals surface area contributed by atoms with Crippen molar-refractivity contribution in [3.8, 4) is 11.1 Å². The highest BCUT2D eigenvalue weighted by Gasteiger charge is 2.22. The van der Waals surface area contributed by atoms with Crippen LogP contribution in [0, 0.1) is 11.7 Å². The number of hydrogen-bond donors (Lipinski definition) is 2. The van der Waals surface area contributed by atoms with Crippen LogP contribution in [0.4, 0.5) is 4.39 Å². The minimum atomic E-state index is -0.303. The Morgan fingerprint density at radius 2 is 1.97 bits per heavy atom. The SMILES string of the molecule is CC(C)CN(CC(C)O)C1CCSCC1.Fc1c[nH]c2nccc(-c3cccc(Cl)c3)c12. The molecule has 2 N–H and O–H groups in total. The molecule has 4 rings (SSSR count). The van der Waals surface area contributed by atoms with Crippen LogP contribution < -0.4 is 0 Å². The van der Waals surface area contributed by atoms with Crippen molar-refractivity contribution in [3.63, 3.8) is 0 Å². The highest BCUT2D eigenvalue weighted by molar-refractivity contribution is 7.99. The van der Waals surface area contributed by atoms with Gasteiger partial charge in [-0.3, -0.25) is 4.90 Å². The van der Waals surface area contributed by atoms with Crippen LogP contribution in [-0.2, 0) is 0 Å². The second-order valence-corrected chi connectivity index (χ2v) is 10.4. The molecule has 0 saturated carbocycles. The smallest absolute Gasteiger partial charge is 0.150 e. The van der Waals surface area contributed by atoms with Crippen molar-refractivity contribution in [2.24, 2.45) is 5.92 Å². The minimum absolute atomic E-state index is 0.196. The number of fused-ring (bicyclic) bond motifs is 1. The number of aliphatic hydroxyl groups is 1. The van der Waals surface area contributed by atoms with E-state index in [-0.39, 0.29) is 11.9 Å². The first-order valence-electron chi connectivity index (χ1n) is 11.2. The second-order valence-electron chi connectivity index (χ2n) is 8.77. The topological polar surface area (TPSA) is 52.1 Å². The molecule has 0 radical (unpaired) electrons. The van der Waals surface area contributed by atoms with E-state index >= 15 is 0 Å². The summed E-state index contributed by atoms with van der Waals surface area (Å²) in [5.74, 6) is 2.97. The molecular formula is C25H33ClFN3OS. The Kier molecular flexibility index (Phi) is 9.41. The van der Waals surface area contributed by atoms with Crippen LogP contribution >= 0.6 is 23.4 Å². The molecule has 1 fully saturated rings. The number of aliphatic hydroxyl groups excluding tert-OH is 1. The molecule has 1 aliphatic heterocycles. The Morgan fingerprint density at radius 1 is 1.22 bits per heavy atom. The fraction of sp³-hybridized carbons (Fsp3) is 0.480. The summed E-state index contributed by atoms with van der Waals surface area (Å²) in [5.41, 5.74) is 2.21. The van der Waals surface area contributed by atoms with E-state index in [1.807, 2.05) is 25.1 Å². The molecule has 174 valence electrons. The van der Waals surface area contributed by atoms with E-state index in [0.717, 1.165) is 24.2 Å². The Labute approximate surface area is 199 Å². The number of halogens is 2. The van der Waals surface area contributed by atoms with E-state index in [2.05, 4.69) is 40.5 Å². The minimum Gasteiger partial charge on any atom is -0.392 e. The van der Waals surface area contributed by atoms with Crippen molar-refractivity contribution >= 4 is 34.4 Å². The first-order chi connectivity index (χ1) is 15.3. The molecule has 0 spiro atoms. The predicted octanol–water partition coefficient (Wildman–Crippen LogP) is 6.24. The van der Waals surface area contributed by atoms with Gasteiger partial charge in [0, 0.05) is 36.5 Å². The molecule has 0 amide bonds. The van der Waals surface area contributed by atoms with Crippen molar-refractivity contribution in [2.45, 2.75) is 45.8 Å². The molecule has 0 bridgehead atoms. The lowest BCUT2D eigenvalue weighted by molar-refractivity contribution is 0.0851. The number of hydrogen-bond acceptors (Lipinski definition) is 4. The van der Waals surface area contributed by atoms with Crippen LogP contribution in [0.15, 0.2) is 42.7 Å². The summed E-state index contributed by atoms with van der Waals surface area (Å²) in [4.78, 5) is 9.37. The van der Waals surface area contributed by atoms with Crippen LogP contribution in [-0.4, -0.2) is 56.7 Å². The van der Waals surface area contributed by atoms with Crippen LogP contribution in [0.5, 0.6) is 0 Å². The Morgan fingerprint density at radius 3 is 2.62 bits per heavy atom. The fourth-order valence-corrected chi connectivity index (χ4v) is 5.42. The van der Waals surface area contributed by atoms with Gasteiger partial charge in [-0.15, -0.1) is 0 Å². The van der Waals surface area contributed by atoms with E-state index in [0.29, 0.717) is 28.0 Å². The van der Waals surface area contributed by atoms with Crippen molar-refractivity contribution in [3.05, 3.63) is 53.6 Å². The third kappa shape index (κ3) is 6.95. The van der Waals surface area contributed by atoms with E-state index in [1.54, 1.807) is 18.3 Å². The van der Waals surface area contributed by atoms with Gasteiger partial charge in [-0.25, -0.2) is 9.37 Å². The normalized spacial score (nSPS) is 15.8. The summed E-state index contributed by atoms with van der Waals surface area (Å²) in [6.45, 7) is 8.37. The van der Waals surface area contributed by atoms with Crippen LogP contribution in [0.25, 0.3) is 22.2 Å². The molecule has 4 nitrogen and oxygen atoms in total. The lowest BCUT2D eigenvalue weighted by atomic mass is 10.0. The number of rotatable bonds is 6. The molecule has 1 saturated heterocycles. The van der Waals surface area contributed by atoms with Gasteiger partial charge in [-0.05, 0) is 66.5 Å². The van der Waals surface area contributed by atoms with Crippen LogP contribution in [0.1, 0.15) is 33.6 Å². The molecule has 1 aliphatic rings. The van der Waals surface area contributed by atoms with E-state index in [1.165, 1.54) is 30.5 Å². The third-order valence-electron chi connectivity index (χ3n) is 5.47. The standard InChI is InChI=1S/C13H8ClFN2.C12H25NOS/c14-9-3-1-2-8(6-9)10-4-5-16-13-12(10)11(15)7-17-13;1-10(2)8-13(9-11(3)14)12-4-6-15-7-5-12/h1-7H,(H,16,17);10-12,14H,4-9H2,1-3H3. The maximum Gasteiger partial charge on any atom is 0.150 e. The quantitative estimate of drug-likeness (QED) is 0.441. The van der Waals surface area contributed by atoms with Crippen LogP contribution in [0.3, 0.4) is 0 Å². The number of benzene rings is 1. The van der Waals surface area contributed by atoms with Crippen molar-refractivity contribution < 1.29 is 9.50 Å². The summed E-state index contributed by atoms with van der Waals surface area (Å²) in [6, 6.07) is 9.83. The molecule has 1 atom stereocenters. The first kappa shape index (κ1) is 25.0. The van der Waals surface area contributed by atoms with Gasteiger partial charge < -0.3 is 10.1 Å². The summed E-state index contributed by atoms with van der Waals surface area (Å²) < 4.78 is 13.7. The summed E-state index contributed by atoms with van der Waals surface area (Å²) in [5, 5.41) is 10.6. The molecule has 2 aromatic heterocycles. The molecule has 3 aromatic rings. The van der Waals surface area contributed by atoms with Crippen molar-refractivity contribution in [2.75, 3.05) is 24.6 Å². The highest BCUT2D eigenvalue weighted by Crippen LogP contribution is 2.30. The van der Waals surface area contributed by atoms with Crippen LogP contribution in [0.2, 0.25) is 5.02 Å². The number of thioether (sulfide) groups is 1. The zero-order valence-electron chi connectivity index (χ0n) is 19.0. The zero-order chi connectivity index (χ0) is 23.1. The Hall–Kier alpha value is -1.60. The number of pyridine rings is 1. The summed E-state index contributed by atoms with van der Waals surface area (Å²) in [7, 11) is 0. The Balaban J connectivity index is 0.000000183. The maximum absolute atomic E-state index is 13.7. The number of nitrogens with zero attached hydrogens (tertiary/aromatic N) is 2. The molecule has 1 aromatic carbocycles. The number of aromatic nitrogens is 2. The van der Waals surface area contributed by atoms with E-state index in [4.69, 9.17) is 11.6 Å². The molecule has 3 heterocycles. The number of nitrogens with one attached hydrogen (secondary N) is 1. The van der Waals surface area contributed by atoms with Gasteiger partial charge in [0.1, 0.15) is 5.65 Å². The molecule has 32 heavy (non-hydrogen) atoms. The summed E-state index contributed by atoms with van der Waals surface area (Å²) >= 11 is 8.01. The average Bonchev–Trinajstić information content (AvgIpc) is 3.15. The highest BCUT2D eigenvalue weighted by atomic mass is 35.5. The fourth-order valence-electron chi connectivity index (χ4n) is 4.14. The van der Waals surface area contributed by atoms with E-state index in [9.17, 15) is 9.50 Å². The molecule has 0 aliphatic carbocycles. The number of aromatic amines is 1. The molecular weight excluding hydrogens is 445 g/mol.